The number of alkyl carbamates (subject to hydrolysis) is 1. The summed E-state index contributed by atoms with van der Waals surface area (Å²) in [6, 6.07) is 2.95. The Kier molecular flexibility index (Phi) is 24.9. The summed E-state index contributed by atoms with van der Waals surface area (Å²) >= 11 is 6.92. The van der Waals surface area contributed by atoms with Crippen LogP contribution in [0.5, 0.6) is 5.75 Å². The van der Waals surface area contributed by atoms with Crippen molar-refractivity contribution in [2.24, 2.45) is 5.92 Å². The maximum absolute atomic E-state index is 14.7. The third-order valence-corrected chi connectivity index (χ3v) is 18.4. The van der Waals surface area contributed by atoms with E-state index < -0.39 is 71.3 Å². The second kappa shape index (κ2) is 29.3. The van der Waals surface area contributed by atoms with Gasteiger partial charge in [0, 0.05) is 82.9 Å². The number of fused-ring (bicyclic) bond motifs is 5. The first-order valence-corrected chi connectivity index (χ1v) is 29.3. The molecule has 2 saturated heterocycles. The number of esters is 1. The number of nitrogens with one attached hydrogen (secondary N) is 3. The summed E-state index contributed by atoms with van der Waals surface area (Å²) in [5.41, 5.74) is -2.04. The summed E-state index contributed by atoms with van der Waals surface area (Å²) in [7, 11) is 9.77. The van der Waals surface area contributed by atoms with Crippen LogP contribution in [0.2, 0.25) is 5.02 Å². The van der Waals surface area contributed by atoms with Crippen LogP contribution in [-0.4, -0.2) is 146 Å². The lowest BCUT2D eigenvalue weighted by atomic mass is 9.83. The van der Waals surface area contributed by atoms with E-state index in [0.29, 0.717) is 81.1 Å². The number of aliphatic hydroxyl groups is 1. The van der Waals surface area contributed by atoms with Crippen molar-refractivity contribution in [2.45, 2.75) is 197 Å². The number of likely N-dealkylation sites (N-methyl/N-ethyl adjacent to an activating group) is 1. The molecule has 3 heterocycles. The number of anilines is 1. The van der Waals surface area contributed by atoms with E-state index in [2.05, 4.69) is 36.7 Å². The standard InChI is InChI=1S/C55H87ClFN5O11S2/c1-13-14-15-18-26-53(7,57)50(66)59-28-19-16-17-23-45(63)58-29-31-74-75-52(5,6)27-24-46(64)62(10)38(4)49(65)72-43-25-30-61(9)40-33-39(34-41(69-11)47(40)56)32-36(2)21-20-22-44(70-12)55(68)35-42(71-51(67)60-55)37(3)48-54(43,8)73-48/h20-22,33-34,37-38,42-44,48,68H,13-19,23-32,35H2,1-12H3,(H,58,63)(H,59,66)(H,60,67)/b22-20+,36-21+/t37-,38+,42+,43+,44-,48+,53?,54+,55+/m1/s1. The summed E-state index contributed by atoms with van der Waals surface area (Å²) in [5.74, 6) is -0.703. The van der Waals surface area contributed by atoms with Crippen LogP contribution < -0.4 is 25.6 Å². The molecule has 2 fully saturated rings. The number of allylic oxidation sites excluding steroid dienone is 3. The summed E-state index contributed by atoms with van der Waals surface area (Å²) < 4.78 is 44.4. The van der Waals surface area contributed by atoms with E-state index in [1.165, 1.54) is 18.9 Å². The van der Waals surface area contributed by atoms with Crippen molar-refractivity contribution < 1.29 is 57.2 Å². The number of hydrogen-bond acceptors (Lipinski definition) is 14. The molecule has 4 bridgehead atoms. The number of rotatable bonds is 25. The van der Waals surface area contributed by atoms with E-state index in [9.17, 15) is 33.5 Å². The third kappa shape index (κ3) is 19.0. The van der Waals surface area contributed by atoms with Crippen molar-refractivity contribution in [1.82, 2.24) is 20.9 Å². The number of nitrogens with zero attached hydrogens (tertiary/aromatic N) is 2. The minimum absolute atomic E-state index is 0.00836. The smallest absolute Gasteiger partial charge is 0.409 e. The Bertz CT molecular complexity index is 2150. The maximum atomic E-state index is 14.7. The fourth-order valence-electron chi connectivity index (χ4n) is 9.47. The van der Waals surface area contributed by atoms with Gasteiger partial charge in [0.2, 0.25) is 11.8 Å². The van der Waals surface area contributed by atoms with Crippen LogP contribution in [0.1, 0.15) is 144 Å². The lowest BCUT2D eigenvalue weighted by Gasteiger charge is -2.42. The molecule has 75 heavy (non-hydrogen) atoms. The number of methoxy groups -OCH3 is 2. The summed E-state index contributed by atoms with van der Waals surface area (Å²) in [6.45, 7) is 16.2. The highest BCUT2D eigenvalue weighted by Crippen LogP contribution is 2.49. The van der Waals surface area contributed by atoms with Crippen LogP contribution >= 0.6 is 33.2 Å². The molecule has 0 radical (unpaired) electrons. The molecule has 0 aliphatic carbocycles. The van der Waals surface area contributed by atoms with E-state index in [0.717, 1.165) is 42.5 Å². The van der Waals surface area contributed by atoms with Gasteiger partial charge in [0.1, 0.15) is 40.7 Å². The van der Waals surface area contributed by atoms with Gasteiger partial charge in [-0.1, -0.05) is 96.5 Å². The number of halogens is 2. The number of carbonyl (C=O) groups is 5. The average Bonchev–Trinajstić information content (AvgIpc) is 4.06. The number of epoxide rings is 1. The van der Waals surface area contributed by atoms with Gasteiger partial charge in [-0.2, -0.15) is 0 Å². The van der Waals surface area contributed by atoms with Gasteiger partial charge in [-0.15, -0.1) is 0 Å². The van der Waals surface area contributed by atoms with Crippen molar-refractivity contribution in [3.05, 3.63) is 46.5 Å². The Morgan fingerprint density at radius 1 is 1.07 bits per heavy atom. The topological polar surface area (TPSA) is 198 Å². The fraction of sp³-hybridized carbons (Fsp3) is 0.727. The average molecular weight is 1110 g/mol. The van der Waals surface area contributed by atoms with E-state index in [1.807, 2.05) is 50.9 Å². The highest BCUT2D eigenvalue weighted by molar-refractivity contribution is 8.77. The monoisotopic (exact) mass is 1110 g/mol. The molecule has 20 heteroatoms. The van der Waals surface area contributed by atoms with Crippen molar-refractivity contribution in [1.29, 1.82) is 0 Å². The van der Waals surface area contributed by atoms with Crippen molar-refractivity contribution in [3.8, 4) is 5.75 Å². The van der Waals surface area contributed by atoms with E-state index in [-0.39, 0.29) is 35.8 Å². The predicted molar refractivity (Wildman–Crippen MR) is 297 cm³/mol. The molecule has 424 valence electrons. The van der Waals surface area contributed by atoms with Crippen molar-refractivity contribution in [2.75, 3.05) is 58.6 Å². The zero-order valence-corrected chi connectivity index (χ0v) is 49.0. The zero-order chi connectivity index (χ0) is 55.7. The molecule has 3 aliphatic heterocycles. The highest BCUT2D eigenvalue weighted by Gasteiger charge is 2.64. The Morgan fingerprint density at radius 2 is 1.79 bits per heavy atom. The molecule has 4 amide bonds. The molecule has 1 aromatic rings. The van der Waals surface area contributed by atoms with Crippen LogP contribution in [-0.2, 0) is 44.5 Å². The Morgan fingerprint density at radius 3 is 2.48 bits per heavy atom. The molecule has 9 atom stereocenters. The number of ether oxygens (including phenoxy) is 5. The number of benzene rings is 1. The summed E-state index contributed by atoms with van der Waals surface area (Å²) in [4.78, 5) is 69.0. The first-order chi connectivity index (χ1) is 35.3. The highest BCUT2D eigenvalue weighted by atomic mass is 35.5. The molecular formula is C55H87ClFN5O11S2. The largest absolute Gasteiger partial charge is 0.495 e. The molecule has 3 aliphatic rings. The van der Waals surface area contributed by atoms with Crippen molar-refractivity contribution in [3.63, 3.8) is 0 Å². The zero-order valence-electron chi connectivity index (χ0n) is 46.6. The first kappa shape index (κ1) is 63.8. The minimum atomic E-state index is -1.86. The molecule has 0 saturated carbocycles. The second-order valence-corrected chi connectivity index (χ2v) is 25.0. The van der Waals surface area contributed by atoms with Gasteiger partial charge >= 0.3 is 12.1 Å². The van der Waals surface area contributed by atoms with E-state index in [1.54, 1.807) is 54.8 Å². The fourth-order valence-corrected chi connectivity index (χ4v) is 12.3. The maximum Gasteiger partial charge on any atom is 0.409 e. The van der Waals surface area contributed by atoms with Gasteiger partial charge in [0.25, 0.3) is 5.91 Å². The molecule has 0 spiro atoms. The third-order valence-electron chi connectivity index (χ3n) is 14.6. The van der Waals surface area contributed by atoms with Crippen LogP contribution in [0.25, 0.3) is 0 Å². The molecule has 4 rings (SSSR count). The predicted octanol–water partition coefficient (Wildman–Crippen LogP) is 9.42. The van der Waals surface area contributed by atoms with Crippen molar-refractivity contribution >= 4 is 68.7 Å². The first-order valence-electron chi connectivity index (χ1n) is 26.6. The van der Waals surface area contributed by atoms with Crippen LogP contribution in [0.3, 0.4) is 0 Å². The van der Waals surface area contributed by atoms with Gasteiger partial charge in [-0.3, -0.25) is 19.7 Å². The minimum Gasteiger partial charge on any atom is -0.495 e. The number of amides is 4. The van der Waals surface area contributed by atoms with E-state index in [4.69, 9.17) is 35.3 Å². The molecule has 0 aromatic heterocycles. The summed E-state index contributed by atoms with van der Waals surface area (Å²) in [6.07, 6.45) is 9.49. The van der Waals surface area contributed by atoms with Crippen LogP contribution in [0, 0.1) is 5.92 Å². The van der Waals surface area contributed by atoms with Gasteiger partial charge in [-0.05, 0) is 97.8 Å². The molecule has 4 N–H and O–H groups in total. The van der Waals surface area contributed by atoms with Gasteiger partial charge < -0.3 is 49.2 Å². The molecular weight excluding hydrogens is 1030 g/mol. The van der Waals surface area contributed by atoms with E-state index >= 15 is 0 Å². The lowest BCUT2D eigenvalue weighted by Crippen LogP contribution is -2.63. The SMILES string of the molecule is CCCCCCC(C)(F)C(=O)NCCCCCC(=O)NCCSSC(C)(C)CCC(=O)N(C)[C@@H](C)C(=O)O[C@H]1CCN(C)c2cc(cc(OC)c2Cl)C/C(C)=C/C=C/[C@@H](OC)[C@@]2(O)C[C@H](OC(=O)N2)[C@@H](C)[C@@H]2O[C@@]12C. The molecule has 1 unspecified atom stereocenters. The van der Waals surface area contributed by atoms with Crippen LogP contribution in [0.15, 0.2) is 35.9 Å². The number of hydrogen-bond donors (Lipinski definition) is 4. The number of alkyl halides is 1. The normalized spacial score (nSPS) is 26.4. The van der Waals surface area contributed by atoms with Gasteiger partial charge in [0.05, 0.1) is 18.9 Å². The van der Waals surface area contributed by atoms with Gasteiger partial charge in [-0.25, -0.2) is 14.0 Å². The Hall–Kier alpha value is -3.75. The van der Waals surface area contributed by atoms with Crippen LogP contribution in [0.4, 0.5) is 14.9 Å². The van der Waals surface area contributed by atoms with Gasteiger partial charge in [0.15, 0.2) is 11.4 Å². The number of carbonyl (C=O) groups excluding carboxylic acids is 5. The molecule has 1 aromatic carbocycles. The molecule has 16 nitrogen and oxygen atoms in total. The Balaban J connectivity index is 1.31. The number of unbranched alkanes of at least 4 members (excludes halogenated alkanes) is 5. The quantitative estimate of drug-likeness (QED) is 0.0313. The summed E-state index contributed by atoms with van der Waals surface area (Å²) in [5, 5.41) is 20.5. The second-order valence-electron chi connectivity index (χ2n) is 21.5. The Labute approximate surface area is 458 Å². The lowest BCUT2D eigenvalue weighted by molar-refractivity contribution is -0.161.